The molecule has 0 bridgehead atoms. The number of carbonyl (C=O) groups excluding carboxylic acids is 1. The SMILES string of the molecule is O=C(Nc1cccnc1)[C@@H](Cc1ccc2ccccc2c1)NC(NC1CCCCC1)=[NH+]C1CCCCC1. The zero-order valence-electron chi connectivity index (χ0n) is 21.7. The van der Waals surface area contributed by atoms with Crippen molar-refractivity contribution in [2.75, 3.05) is 5.32 Å². The molecule has 6 nitrogen and oxygen atoms in total. The molecule has 2 aliphatic carbocycles. The molecular formula is C31H40N5O+. The summed E-state index contributed by atoms with van der Waals surface area (Å²) in [5.74, 6) is 0.848. The molecule has 0 radical (unpaired) electrons. The number of amides is 1. The molecule has 1 amide bonds. The van der Waals surface area contributed by atoms with Crippen molar-refractivity contribution in [3.63, 3.8) is 0 Å². The van der Waals surface area contributed by atoms with Crippen LogP contribution in [0, 0.1) is 0 Å². The number of benzene rings is 2. The van der Waals surface area contributed by atoms with Gasteiger partial charge in [-0.25, -0.2) is 0 Å². The van der Waals surface area contributed by atoms with Gasteiger partial charge in [0, 0.05) is 12.6 Å². The Kier molecular flexibility index (Phi) is 8.67. The van der Waals surface area contributed by atoms with Crippen molar-refractivity contribution >= 4 is 28.3 Å². The van der Waals surface area contributed by atoms with Gasteiger partial charge in [0.1, 0.15) is 0 Å². The molecule has 1 aromatic heterocycles. The predicted molar refractivity (Wildman–Crippen MR) is 150 cm³/mol. The Morgan fingerprint density at radius 1 is 0.892 bits per heavy atom. The second-order valence-electron chi connectivity index (χ2n) is 10.6. The van der Waals surface area contributed by atoms with E-state index in [4.69, 9.17) is 0 Å². The quantitative estimate of drug-likeness (QED) is 0.293. The lowest BCUT2D eigenvalue weighted by Crippen LogP contribution is -2.86. The summed E-state index contributed by atoms with van der Waals surface area (Å²) in [7, 11) is 0. The summed E-state index contributed by atoms with van der Waals surface area (Å²) < 4.78 is 0. The van der Waals surface area contributed by atoms with Gasteiger partial charge in [-0.3, -0.25) is 25.4 Å². The highest BCUT2D eigenvalue weighted by atomic mass is 16.2. The summed E-state index contributed by atoms with van der Waals surface area (Å²) in [5.41, 5.74) is 1.84. The van der Waals surface area contributed by atoms with Crippen molar-refractivity contribution < 1.29 is 9.79 Å². The molecule has 194 valence electrons. The number of rotatable bonds is 7. The van der Waals surface area contributed by atoms with Gasteiger partial charge in [0.05, 0.1) is 24.0 Å². The zero-order chi connectivity index (χ0) is 25.3. The number of hydrogen-bond donors (Lipinski definition) is 4. The number of aromatic nitrogens is 1. The molecule has 0 aliphatic heterocycles. The van der Waals surface area contributed by atoms with E-state index in [1.807, 2.05) is 12.1 Å². The van der Waals surface area contributed by atoms with Crippen molar-refractivity contribution in [3.05, 3.63) is 72.6 Å². The number of hydrogen-bond acceptors (Lipinski definition) is 2. The summed E-state index contributed by atoms with van der Waals surface area (Å²) in [5, 5.41) is 12.9. The molecule has 2 fully saturated rings. The molecule has 0 unspecified atom stereocenters. The Morgan fingerprint density at radius 3 is 2.41 bits per heavy atom. The fourth-order valence-electron chi connectivity index (χ4n) is 5.68. The molecule has 1 heterocycles. The highest BCUT2D eigenvalue weighted by molar-refractivity contribution is 5.97. The Morgan fingerprint density at radius 2 is 1.65 bits per heavy atom. The van der Waals surface area contributed by atoms with E-state index in [1.165, 1.54) is 75.0 Å². The number of anilines is 1. The van der Waals surface area contributed by atoms with E-state index in [9.17, 15) is 4.79 Å². The first-order chi connectivity index (χ1) is 18.2. The summed E-state index contributed by atoms with van der Waals surface area (Å²) >= 11 is 0. The van der Waals surface area contributed by atoms with Crippen LogP contribution in [0.15, 0.2) is 67.0 Å². The lowest BCUT2D eigenvalue weighted by atomic mass is 9.95. The number of pyridine rings is 1. The van der Waals surface area contributed by atoms with E-state index in [1.54, 1.807) is 12.4 Å². The fraction of sp³-hybridized carbons (Fsp3) is 0.452. The minimum Gasteiger partial charge on any atom is -0.322 e. The second-order valence-corrected chi connectivity index (χ2v) is 10.6. The Hall–Kier alpha value is -3.41. The Balaban J connectivity index is 1.40. The van der Waals surface area contributed by atoms with Crippen molar-refractivity contribution in [1.82, 2.24) is 15.6 Å². The van der Waals surface area contributed by atoms with Crippen LogP contribution in [-0.2, 0) is 11.2 Å². The first-order valence-corrected chi connectivity index (χ1v) is 14.1. The van der Waals surface area contributed by atoms with E-state index >= 15 is 0 Å². The predicted octanol–water partition coefficient (Wildman–Crippen LogP) is 4.07. The third-order valence-corrected chi connectivity index (χ3v) is 7.73. The van der Waals surface area contributed by atoms with Gasteiger partial charge in [-0.1, -0.05) is 81.0 Å². The van der Waals surface area contributed by atoms with Crippen LogP contribution in [0.2, 0.25) is 0 Å². The summed E-state index contributed by atoms with van der Waals surface area (Å²) in [6, 6.07) is 19.0. The van der Waals surface area contributed by atoms with Crippen LogP contribution in [-0.4, -0.2) is 35.0 Å². The molecule has 1 atom stereocenters. The molecule has 2 saturated carbocycles. The average molecular weight is 499 g/mol. The lowest BCUT2D eigenvalue weighted by molar-refractivity contribution is -0.512. The van der Waals surface area contributed by atoms with Crippen LogP contribution in [0.1, 0.15) is 69.8 Å². The van der Waals surface area contributed by atoms with Gasteiger partial charge < -0.3 is 5.32 Å². The van der Waals surface area contributed by atoms with E-state index in [-0.39, 0.29) is 5.91 Å². The summed E-state index contributed by atoms with van der Waals surface area (Å²) in [6.07, 6.45) is 16.4. The van der Waals surface area contributed by atoms with Crippen molar-refractivity contribution in [2.24, 2.45) is 0 Å². The fourth-order valence-corrected chi connectivity index (χ4v) is 5.68. The maximum Gasteiger partial charge on any atom is 0.344 e. The molecule has 0 saturated heterocycles. The molecule has 37 heavy (non-hydrogen) atoms. The van der Waals surface area contributed by atoms with Gasteiger partial charge in [-0.2, -0.15) is 0 Å². The third-order valence-electron chi connectivity index (χ3n) is 7.73. The number of carbonyl (C=O) groups is 1. The largest absolute Gasteiger partial charge is 0.344 e. The number of nitrogens with zero attached hydrogens (tertiary/aromatic N) is 1. The van der Waals surface area contributed by atoms with Gasteiger partial charge in [0.2, 0.25) is 0 Å². The van der Waals surface area contributed by atoms with Gasteiger partial charge >= 0.3 is 5.96 Å². The zero-order valence-corrected chi connectivity index (χ0v) is 21.7. The van der Waals surface area contributed by atoms with E-state index in [0.29, 0.717) is 24.2 Å². The van der Waals surface area contributed by atoms with Crippen LogP contribution in [0.4, 0.5) is 5.69 Å². The molecule has 2 aromatic carbocycles. The highest BCUT2D eigenvalue weighted by Gasteiger charge is 2.28. The topological polar surface area (TPSA) is 80.0 Å². The van der Waals surface area contributed by atoms with E-state index in [2.05, 4.69) is 68.4 Å². The minimum atomic E-state index is -0.441. The molecule has 4 N–H and O–H groups in total. The van der Waals surface area contributed by atoms with E-state index in [0.717, 1.165) is 11.5 Å². The monoisotopic (exact) mass is 498 g/mol. The van der Waals surface area contributed by atoms with Crippen LogP contribution in [0.25, 0.3) is 10.8 Å². The third kappa shape index (κ3) is 7.31. The van der Waals surface area contributed by atoms with Gasteiger partial charge in [-0.05, 0) is 54.2 Å². The smallest absolute Gasteiger partial charge is 0.322 e. The molecule has 6 heteroatoms. The Labute approximate surface area is 220 Å². The molecular weight excluding hydrogens is 458 g/mol. The van der Waals surface area contributed by atoms with Crippen LogP contribution >= 0.6 is 0 Å². The van der Waals surface area contributed by atoms with Crippen LogP contribution in [0.3, 0.4) is 0 Å². The maximum absolute atomic E-state index is 13.6. The maximum atomic E-state index is 13.6. The normalized spacial score (nSPS) is 18.3. The Bertz CT molecular complexity index is 1180. The lowest BCUT2D eigenvalue weighted by Gasteiger charge is -2.25. The van der Waals surface area contributed by atoms with Gasteiger partial charge in [0.15, 0.2) is 6.04 Å². The molecule has 2 aliphatic rings. The average Bonchev–Trinajstić information content (AvgIpc) is 2.94. The molecule has 5 rings (SSSR count). The van der Waals surface area contributed by atoms with Gasteiger partial charge in [-0.15, -0.1) is 0 Å². The standard InChI is InChI=1S/C31H39N5O/c37-30(33-28-16-9-19-32-22-28)29(21-23-17-18-24-10-7-8-11-25(24)20-23)36-31(34-26-12-3-1-4-13-26)35-27-14-5-2-6-15-27/h7-11,16-20,22,26-27,29H,1-6,12-15,21H2,(H,33,37)(H2,34,35,36)/p+1/t29-/m1/s1. The number of nitrogens with one attached hydrogen (secondary N) is 4. The number of fused-ring (bicyclic) bond motifs is 1. The van der Waals surface area contributed by atoms with Crippen molar-refractivity contribution in [2.45, 2.75) is 88.8 Å². The number of guanidine groups is 1. The van der Waals surface area contributed by atoms with Gasteiger partial charge in [0.25, 0.3) is 5.91 Å². The molecule has 0 spiro atoms. The highest BCUT2D eigenvalue weighted by Crippen LogP contribution is 2.19. The van der Waals surface area contributed by atoms with E-state index < -0.39 is 6.04 Å². The minimum absolute atomic E-state index is 0.0606. The second kappa shape index (κ2) is 12.7. The molecule has 3 aromatic rings. The first kappa shape index (κ1) is 25.2. The summed E-state index contributed by atoms with van der Waals surface area (Å²) in [4.78, 5) is 21.6. The first-order valence-electron chi connectivity index (χ1n) is 14.1. The van der Waals surface area contributed by atoms with Crippen molar-refractivity contribution in [3.8, 4) is 0 Å². The summed E-state index contributed by atoms with van der Waals surface area (Å²) in [6.45, 7) is 0. The van der Waals surface area contributed by atoms with Crippen LogP contribution in [0.5, 0.6) is 0 Å². The van der Waals surface area contributed by atoms with Crippen LogP contribution < -0.4 is 20.9 Å². The van der Waals surface area contributed by atoms with Crippen molar-refractivity contribution in [1.29, 1.82) is 0 Å².